The van der Waals surface area contributed by atoms with Crippen LogP contribution in [0.15, 0.2) is 24.3 Å². The van der Waals surface area contributed by atoms with E-state index in [2.05, 4.69) is 4.90 Å². The molecule has 0 amide bonds. The molecule has 2 nitrogen and oxygen atoms in total. The van der Waals surface area contributed by atoms with Crippen molar-refractivity contribution in [3.05, 3.63) is 35.6 Å². The Labute approximate surface area is 102 Å². The van der Waals surface area contributed by atoms with Crippen LogP contribution in [0.1, 0.15) is 24.3 Å². The molecule has 1 aromatic carbocycles. The highest BCUT2D eigenvalue weighted by molar-refractivity contribution is 5.22. The highest BCUT2D eigenvalue weighted by atomic mass is 19.1. The van der Waals surface area contributed by atoms with Crippen LogP contribution in [0.4, 0.5) is 4.39 Å². The van der Waals surface area contributed by atoms with E-state index in [-0.39, 0.29) is 5.82 Å². The van der Waals surface area contributed by atoms with E-state index in [1.54, 1.807) is 19.2 Å². The average Bonchev–Trinajstić information content (AvgIpc) is 2.38. The summed E-state index contributed by atoms with van der Waals surface area (Å²) in [7, 11) is 1.73. The normalized spacial score (nSPS) is 18.5. The predicted octanol–water partition coefficient (Wildman–Crippen LogP) is 2.65. The van der Waals surface area contributed by atoms with E-state index in [0.29, 0.717) is 5.92 Å². The Hall–Kier alpha value is -0.930. The topological polar surface area (TPSA) is 12.5 Å². The van der Waals surface area contributed by atoms with Crippen molar-refractivity contribution in [3.63, 3.8) is 0 Å². The molecule has 1 aliphatic rings. The zero-order chi connectivity index (χ0) is 12.1. The van der Waals surface area contributed by atoms with Gasteiger partial charge in [0, 0.05) is 13.7 Å². The highest BCUT2D eigenvalue weighted by Gasteiger charge is 2.22. The van der Waals surface area contributed by atoms with Crippen LogP contribution in [0, 0.1) is 5.82 Å². The molecule has 0 bridgehead atoms. The van der Waals surface area contributed by atoms with Gasteiger partial charge in [0.05, 0.1) is 6.61 Å². The molecule has 0 aliphatic carbocycles. The molecule has 0 spiro atoms. The summed E-state index contributed by atoms with van der Waals surface area (Å²) in [6.07, 6.45) is 2.09. The molecular weight excluding hydrogens is 217 g/mol. The van der Waals surface area contributed by atoms with Gasteiger partial charge in [-0.05, 0) is 43.5 Å². The first-order valence-electron chi connectivity index (χ1n) is 6.27. The van der Waals surface area contributed by atoms with Gasteiger partial charge in [0.15, 0.2) is 0 Å². The quantitative estimate of drug-likeness (QED) is 0.798. The zero-order valence-corrected chi connectivity index (χ0v) is 10.4. The first-order chi connectivity index (χ1) is 8.31. The lowest BCUT2D eigenvalue weighted by atomic mass is 9.89. The minimum absolute atomic E-state index is 0.0529. The zero-order valence-electron chi connectivity index (χ0n) is 10.4. The van der Waals surface area contributed by atoms with Gasteiger partial charge < -0.3 is 9.64 Å². The largest absolute Gasteiger partial charge is 0.383 e. The fourth-order valence-electron chi connectivity index (χ4n) is 2.49. The number of nitrogens with zero attached hydrogens (tertiary/aromatic N) is 1. The summed E-state index contributed by atoms with van der Waals surface area (Å²) < 4.78 is 18.7. The molecule has 1 fully saturated rings. The van der Waals surface area contributed by atoms with Crippen LogP contribution in [-0.2, 0) is 4.74 Å². The Morgan fingerprint density at radius 3 is 2.65 bits per heavy atom. The number of methoxy groups -OCH3 is 1. The van der Waals surface area contributed by atoms with Crippen LogP contribution in [0.3, 0.4) is 0 Å². The monoisotopic (exact) mass is 237 g/mol. The van der Waals surface area contributed by atoms with Crippen LogP contribution in [0.5, 0.6) is 0 Å². The summed E-state index contributed by atoms with van der Waals surface area (Å²) in [6.45, 7) is 3.86. The molecule has 1 saturated heterocycles. The number of likely N-dealkylation sites (tertiary alicyclic amines) is 1. The maximum Gasteiger partial charge on any atom is 0.126 e. The Kier molecular flexibility index (Phi) is 4.51. The molecular formula is C14H20FNO. The Morgan fingerprint density at radius 1 is 1.29 bits per heavy atom. The van der Waals surface area contributed by atoms with E-state index in [4.69, 9.17) is 4.74 Å². The van der Waals surface area contributed by atoms with Crippen LogP contribution >= 0.6 is 0 Å². The molecule has 0 aromatic heterocycles. The van der Waals surface area contributed by atoms with E-state index >= 15 is 0 Å². The number of benzene rings is 1. The SMILES string of the molecule is COCCN1CCC(c2ccccc2F)CC1. The lowest BCUT2D eigenvalue weighted by Crippen LogP contribution is -2.35. The minimum atomic E-state index is -0.0529. The van der Waals surface area contributed by atoms with Crippen molar-refractivity contribution in [2.45, 2.75) is 18.8 Å². The first-order valence-corrected chi connectivity index (χ1v) is 6.27. The van der Waals surface area contributed by atoms with E-state index in [9.17, 15) is 4.39 Å². The van der Waals surface area contributed by atoms with Gasteiger partial charge in [-0.1, -0.05) is 18.2 Å². The molecule has 1 heterocycles. The second kappa shape index (κ2) is 6.12. The van der Waals surface area contributed by atoms with Crippen LogP contribution < -0.4 is 0 Å². The molecule has 1 aliphatic heterocycles. The van der Waals surface area contributed by atoms with Gasteiger partial charge in [0.1, 0.15) is 5.82 Å². The maximum atomic E-state index is 13.6. The third kappa shape index (κ3) is 3.27. The second-order valence-corrected chi connectivity index (χ2v) is 4.63. The van der Waals surface area contributed by atoms with E-state index in [1.165, 1.54) is 0 Å². The summed E-state index contributed by atoms with van der Waals surface area (Å²) in [5.74, 6) is 0.331. The van der Waals surface area contributed by atoms with E-state index in [0.717, 1.165) is 44.6 Å². The van der Waals surface area contributed by atoms with Crippen LogP contribution in [0.25, 0.3) is 0 Å². The summed E-state index contributed by atoms with van der Waals surface area (Å²) >= 11 is 0. The standard InChI is InChI=1S/C14H20FNO/c1-17-11-10-16-8-6-12(7-9-16)13-4-2-3-5-14(13)15/h2-5,12H,6-11H2,1H3. The van der Waals surface area contributed by atoms with Crippen molar-refractivity contribution in [1.82, 2.24) is 4.90 Å². The summed E-state index contributed by atoms with van der Waals surface area (Å²) in [6, 6.07) is 7.17. The third-order valence-electron chi connectivity index (χ3n) is 3.54. The summed E-state index contributed by atoms with van der Waals surface area (Å²) in [5.41, 5.74) is 0.888. The van der Waals surface area contributed by atoms with Gasteiger partial charge >= 0.3 is 0 Å². The number of piperidine rings is 1. The summed E-state index contributed by atoms with van der Waals surface area (Å²) in [4.78, 5) is 2.39. The fraction of sp³-hybridized carbons (Fsp3) is 0.571. The molecule has 2 rings (SSSR count). The van der Waals surface area contributed by atoms with Gasteiger partial charge in [-0.15, -0.1) is 0 Å². The lowest BCUT2D eigenvalue weighted by molar-refractivity contribution is 0.130. The maximum absolute atomic E-state index is 13.6. The molecule has 0 atom stereocenters. The lowest BCUT2D eigenvalue weighted by Gasteiger charge is -2.32. The number of rotatable bonds is 4. The smallest absolute Gasteiger partial charge is 0.126 e. The fourth-order valence-corrected chi connectivity index (χ4v) is 2.49. The van der Waals surface area contributed by atoms with Crippen molar-refractivity contribution in [1.29, 1.82) is 0 Å². The summed E-state index contributed by atoms with van der Waals surface area (Å²) in [5, 5.41) is 0. The minimum Gasteiger partial charge on any atom is -0.383 e. The average molecular weight is 237 g/mol. The Bertz CT molecular complexity index is 348. The number of halogens is 1. The third-order valence-corrected chi connectivity index (χ3v) is 3.54. The van der Waals surface area contributed by atoms with Gasteiger partial charge in [0.25, 0.3) is 0 Å². The molecule has 0 radical (unpaired) electrons. The van der Waals surface area contributed by atoms with Crippen LogP contribution in [0.2, 0.25) is 0 Å². The van der Waals surface area contributed by atoms with Crippen molar-refractivity contribution >= 4 is 0 Å². The van der Waals surface area contributed by atoms with E-state index in [1.807, 2.05) is 12.1 Å². The van der Waals surface area contributed by atoms with Crippen molar-refractivity contribution in [3.8, 4) is 0 Å². The number of hydrogen-bond donors (Lipinski definition) is 0. The predicted molar refractivity (Wildman–Crippen MR) is 66.7 cm³/mol. The van der Waals surface area contributed by atoms with Crippen molar-refractivity contribution in [2.75, 3.05) is 33.4 Å². The molecule has 3 heteroatoms. The van der Waals surface area contributed by atoms with E-state index < -0.39 is 0 Å². The second-order valence-electron chi connectivity index (χ2n) is 4.63. The number of ether oxygens (including phenoxy) is 1. The molecule has 0 N–H and O–H groups in total. The Balaban J connectivity index is 1.89. The molecule has 17 heavy (non-hydrogen) atoms. The van der Waals surface area contributed by atoms with Gasteiger partial charge in [-0.3, -0.25) is 0 Å². The molecule has 94 valence electrons. The van der Waals surface area contributed by atoms with Gasteiger partial charge in [-0.2, -0.15) is 0 Å². The molecule has 1 aromatic rings. The Morgan fingerprint density at radius 2 is 2.00 bits per heavy atom. The van der Waals surface area contributed by atoms with Crippen LogP contribution in [-0.4, -0.2) is 38.3 Å². The molecule has 0 saturated carbocycles. The van der Waals surface area contributed by atoms with Crippen molar-refractivity contribution < 1.29 is 9.13 Å². The van der Waals surface area contributed by atoms with Gasteiger partial charge in [-0.25, -0.2) is 4.39 Å². The highest BCUT2D eigenvalue weighted by Crippen LogP contribution is 2.29. The van der Waals surface area contributed by atoms with Gasteiger partial charge in [0.2, 0.25) is 0 Å². The number of hydrogen-bond acceptors (Lipinski definition) is 2. The molecule has 0 unspecified atom stereocenters. The first kappa shape index (κ1) is 12.5. The van der Waals surface area contributed by atoms with Crippen molar-refractivity contribution in [2.24, 2.45) is 0 Å².